The van der Waals surface area contributed by atoms with Gasteiger partial charge >= 0.3 is 0 Å². The van der Waals surface area contributed by atoms with Crippen molar-refractivity contribution in [3.05, 3.63) is 106 Å². The topological polar surface area (TPSA) is 107 Å². The van der Waals surface area contributed by atoms with Gasteiger partial charge < -0.3 is 11.1 Å². The molecule has 4 rings (SSSR count). The lowest BCUT2D eigenvalue weighted by molar-refractivity contribution is 0.0950. The number of benzene rings is 3. The predicted molar refractivity (Wildman–Crippen MR) is 118 cm³/mol. The Hall–Kier alpha value is -4.26. The lowest BCUT2D eigenvalue weighted by Crippen LogP contribution is -2.24. The first-order chi connectivity index (χ1) is 14.9. The lowest BCUT2D eigenvalue weighted by Gasteiger charge is -2.12. The molecule has 7 heteroatoms. The number of para-hydroxylation sites is 1. The SMILES string of the molecule is Cc1nc2ccccc2c(=O)n1-c1ccc(C(=O)NCc2cccc(C(N)=O)c2)cc1. The van der Waals surface area contributed by atoms with Crippen LogP contribution < -0.4 is 16.6 Å². The van der Waals surface area contributed by atoms with E-state index in [1.54, 1.807) is 73.7 Å². The van der Waals surface area contributed by atoms with Crippen LogP contribution in [0.15, 0.2) is 77.6 Å². The molecule has 0 atom stereocenters. The lowest BCUT2D eigenvalue weighted by atomic mass is 10.1. The summed E-state index contributed by atoms with van der Waals surface area (Å²) in [6.07, 6.45) is 0. The molecule has 0 saturated heterocycles. The zero-order valence-corrected chi connectivity index (χ0v) is 16.8. The molecule has 0 aliphatic rings. The van der Waals surface area contributed by atoms with E-state index in [0.717, 1.165) is 5.56 Å². The van der Waals surface area contributed by atoms with Crippen molar-refractivity contribution < 1.29 is 9.59 Å². The molecule has 3 N–H and O–H groups in total. The molecule has 1 heterocycles. The molecule has 0 saturated carbocycles. The van der Waals surface area contributed by atoms with Crippen molar-refractivity contribution in [1.29, 1.82) is 0 Å². The summed E-state index contributed by atoms with van der Waals surface area (Å²) in [7, 11) is 0. The summed E-state index contributed by atoms with van der Waals surface area (Å²) in [4.78, 5) is 41.2. The van der Waals surface area contributed by atoms with E-state index in [2.05, 4.69) is 10.3 Å². The minimum absolute atomic E-state index is 0.158. The van der Waals surface area contributed by atoms with Crippen LogP contribution in [-0.4, -0.2) is 21.4 Å². The van der Waals surface area contributed by atoms with Crippen molar-refractivity contribution in [2.45, 2.75) is 13.5 Å². The summed E-state index contributed by atoms with van der Waals surface area (Å²) in [5, 5.41) is 3.35. The van der Waals surface area contributed by atoms with E-state index in [4.69, 9.17) is 5.73 Å². The molecule has 1 aromatic heterocycles. The Kier molecular flexibility index (Phi) is 5.32. The standard InChI is InChI=1S/C24H20N4O3/c1-15-27-21-8-3-2-7-20(21)24(31)28(15)19-11-9-17(10-12-19)23(30)26-14-16-5-4-6-18(13-16)22(25)29/h2-13H,14H2,1H3,(H2,25,29)(H,26,30). The van der Waals surface area contributed by atoms with Crippen molar-refractivity contribution in [1.82, 2.24) is 14.9 Å². The zero-order chi connectivity index (χ0) is 22.0. The van der Waals surface area contributed by atoms with E-state index >= 15 is 0 Å². The van der Waals surface area contributed by atoms with Crippen LogP contribution in [0, 0.1) is 6.92 Å². The second-order valence-electron chi connectivity index (χ2n) is 7.11. The molecule has 0 fully saturated rings. The molecule has 0 unspecified atom stereocenters. The monoisotopic (exact) mass is 412 g/mol. The molecular weight excluding hydrogens is 392 g/mol. The maximum Gasteiger partial charge on any atom is 0.265 e. The average molecular weight is 412 g/mol. The number of nitrogens with one attached hydrogen (secondary N) is 1. The second-order valence-corrected chi connectivity index (χ2v) is 7.11. The van der Waals surface area contributed by atoms with Gasteiger partial charge in [-0.2, -0.15) is 0 Å². The quantitative estimate of drug-likeness (QED) is 0.525. The molecule has 4 aromatic rings. The summed E-state index contributed by atoms with van der Waals surface area (Å²) in [6.45, 7) is 2.03. The molecule has 0 radical (unpaired) electrons. The Bertz CT molecular complexity index is 1360. The van der Waals surface area contributed by atoms with Gasteiger partial charge in [-0.3, -0.25) is 19.0 Å². The molecule has 0 bridgehead atoms. The number of primary amides is 1. The molecule has 7 nitrogen and oxygen atoms in total. The molecule has 0 spiro atoms. The Labute approximate surface area is 178 Å². The van der Waals surface area contributed by atoms with Crippen LogP contribution >= 0.6 is 0 Å². The number of aromatic nitrogens is 2. The van der Waals surface area contributed by atoms with Crippen LogP contribution in [0.3, 0.4) is 0 Å². The van der Waals surface area contributed by atoms with E-state index in [0.29, 0.717) is 33.5 Å². The molecule has 0 aliphatic heterocycles. The van der Waals surface area contributed by atoms with Gasteiger partial charge in [-0.1, -0.05) is 24.3 Å². The molecule has 154 valence electrons. The highest BCUT2D eigenvalue weighted by Crippen LogP contribution is 2.14. The second kappa shape index (κ2) is 8.23. The number of rotatable bonds is 5. The van der Waals surface area contributed by atoms with Crippen LogP contribution in [0.5, 0.6) is 0 Å². The third-order valence-corrected chi connectivity index (χ3v) is 5.00. The van der Waals surface area contributed by atoms with Gasteiger partial charge in [0.05, 0.1) is 16.6 Å². The fourth-order valence-electron chi connectivity index (χ4n) is 3.43. The molecule has 31 heavy (non-hydrogen) atoms. The first kappa shape index (κ1) is 20.0. The number of carbonyl (C=O) groups excluding carboxylic acids is 2. The van der Waals surface area contributed by atoms with Gasteiger partial charge in [0.25, 0.3) is 11.5 Å². The summed E-state index contributed by atoms with van der Waals surface area (Å²) >= 11 is 0. The number of hydrogen-bond donors (Lipinski definition) is 2. The first-order valence-electron chi connectivity index (χ1n) is 9.70. The van der Waals surface area contributed by atoms with Crippen molar-refractivity contribution >= 4 is 22.7 Å². The van der Waals surface area contributed by atoms with Gasteiger partial charge in [-0.05, 0) is 61.0 Å². The van der Waals surface area contributed by atoms with E-state index in [9.17, 15) is 14.4 Å². The number of nitrogens with zero attached hydrogens (tertiary/aromatic N) is 2. The summed E-state index contributed by atoms with van der Waals surface area (Å²) < 4.78 is 1.53. The van der Waals surface area contributed by atoms with Crippen molar-refractivity contribution in [3.63, 3.8) is 0 Å². The van der Waals surface area contributed by atoms with Crippen LogP contribution in [0.4, 0.5) is 0 Å². The van der Waals surface area contributed by atoms with E-state index in [1.165, 1.54) is 4.57 Å². The number of hydrogen-bond acceptors (Lipinski definition) is 4. The van der Waals surface area contributed by atoms with Gasteiger partial charge in [0.2, 0.25) is 5.91 Å². The van der Waals surface area contributed by atoms with Gasteiger partial charge in [0, 0.05) is 17.7 Å². The Balaban J connectivity index is 1.54. The first-order valence-corrected chi connectivity index (χ1v) is 9.70. The number of carbonyl (C=O) groups is 2. The fourth-order valence-corrected chi connectivity index (χ4v) is 3.43. The molecule has 2 amide bonds. The highest BCUT2D eigenvalue weighted by Gasteiger charge is 2.11. The summed E-state index contributed by atoms with van der Waals surface area (Å²) in [6, 6.07) is 20.7. The van der Waals surface area contributed by atoms with E-state index in [-0.39, 0.29) is 18.0 Å². The average Bonchev–Trinajstić information content (AvgIpc) is 2.78. The Morgan fingerprint density at radius 1 is 0.968 bits per heavy atom. The highest BCUT2D eigenvalue weighted by atomic mass is 16.2. The van der Waals surface area contributed by atoms with Crippen LogP contribution in [0.2, 0.25) is 0 Å². The zero-order valence-electron chi connectivity index (χ0n) is 16.8. The third-order valence-electron chi connectivity index (χ3n) is 5.00. The minimum atomic E-state index is -0.516. The van der Waals surface area contributed by atoms with Crippen molar-refractivity contribution in [2.24, 2.45) is 5.73 Å². The maximum atomic E-state index is 12.9. The van der Waals surface area contributed by atoms with Gasteiger partial charge in [-0.25, -0.2) is 4.98 Å². The largest absolute Gasteiger partial charge is 0.366 e. The van der Waals surface area contributed by atoms with Crippen LogP contribution in [-0.2, 0) is 6.54 Å². The Morgan fingerprint density at radius 3 is 2.45 bits per heavy atom. The van der Waals surface area contributed by atoms with Crippen LogP contribution in [0.25, 0.3) is 16.6 Å². The van der Waals surface area contributed by atoms with Gasteiger partial charge in [0.1, 0.15) is 5.82 Å². The van der Waals surface area contributed by atoms with Crippen molar-refractivity contribution in [3.8, 4) is 5.69 Å². The van der Waals surface area contributed by atoms with Crippen molar-refractivity contribution in [2.75, 3.05) is 0 Å². The number of aryl methyl sites for hydroxylation is 1. The summed E-state index contributed by atoms with van der Waals surface area (Å²) in [5.41, 5.74) is 8.02. The number of amides is 2. The van der Waals surface area contributed by atoms with Gasteiger partial charge in [-0.15, -0.1) is 0 Å². The molecule has 0 aliphatic carbocycles. The fraction of sp³-hybridized carbons (Fsp3) is 0.0833. The highest BCUT2D eigenvalue weighted by molar-refractivity contribution is 5.94. The normalized spacial score (nSPS) is 10.7. The summed E-state index contributed by atoms with van der Waals surface area (Å²) in [5.74, 6) is -0.218. The minimum Gasteiger partial charge on any atom is -0.366 e. The van der Waals surface area contributed by atoms with Gasteiger partial charge in [0.15, 0.2) is 0 Å². The molecule has 3 aromatic carbocycles. The van der Waals surface area contributed by atoms with E-state index < -0.39 is 5.91 Å². The maximum absolute atomic E-state index is 12.9. The van der Waals surface area contributed by atoms with E-state index in [1.807, 2.05) is 6.07 Å². The number of fused-ring (bicyclic) bond motifs is 1. The third kappa shape index (κ3) is 4.06. The smallest absolute Gasteiger partial charge is 0.265 e. The molecular formula is C24H20N4O3. The number of nitrogens with two attached hydrogens (primary N) is 1. The predicted octanol–water partition coefficient (Wildman–Crippen LogP) is 2.72. The Morgan fingerprint density at radius 2 is 1.71 bits per heavy atom. The van der Waals surface area contributed by atoms with Crippen LogP contribution in [0.1, 0.15) is 32.1 Å².